The zero-order chi connectivity index (χ0) is 14.2. The van der Waals surface area contributed by atoms with Crippen molar-refractivity contribution in [2.24, 2.45) is 0 Å². The van der Waals surface area contributed by atoms with Gasteiger partial charge in [0, 0.05) is 36.7 Å². The van der Waals surface area contributed by atoms with E-state index >= 15 is 0 Å². The fraction of sp³-hybridized carbons (Fsp3) is 0.625. The summed E-state index contributed by atoms with van der Waals surface area (Å²) in [6.45, 7) is 1.72. The van der Waals surface area contributed by atoms with E-state index in [2.05, 4.69) is 33.4 Å². The van der Waals surface area contributed by atoms with Gasteiger partial charge in [-0.1, -0.05) is 5.16 Å². The van der Waals surface area contributed by atoms with E-state index < -0.39 is 0 Å². The molecule has 5 heteroatoms. The number of hydrogen-bond donors (Lipinski definition) is 1. The lowest BCUT2D eigenvalue weighted by molar-refractivity contribution is 0.297. The maximum Gasteiger partial charge on any atom is 0.140 e. The van der Waals surface area contributed by atoms with Gasteiger partial charge in [0.15, 0.2) is 0 Å². The third kappa shape index (κ3) is 2.75. The summed E-state index contributed by atoms with van der Waals surface area (Å²) in [5.41, 5.74) is 4.90. The molecule has 0 radical (unpaired) electrons. The second-order valence-electron chi connectivity index (χ2n) is 6.50. The van der Waals surface area contributed by atoms with Gasteiger partial charge in [-0.15, -0.1) is 0 Å². The lowest BCUT2D eigenvalue weighted by atomic mass is 9.96. The lowest BCUT2D eigenvalue weighted by Crippen LogP contribution is -2.19. The van der Waals surface area contributed by atoms with Gasteiger partial charge in [-0.3, -0.25) is 10.00 Å². The predicted octanol–water partition coefficient (Wildman–Crippen LogP) is 2.79. The molecule has 2 heterocycles. The largest absolute Gasteiger partial charge is 0.361 e. The Kier molecular flexibility index (Phi) is 3.30. The van der Waals surface area contributed by atoms with Crippen molar-refractivity contribution in [1.82, 2.24) is 20.3 Å². The van der Waals surface area contributed by atoms with Gasteiger partial charge in [0.2, 0.25) is 0 Å². The van der Waals surface area contributed by atoms with Gasteiger partial charge >= 0.3 is 0 Å². The number of hydrogen-bond acceptors (Lipinski definition) is 4. The van der Waals surface area contributed by atoms with Crippen LogP contribution in [0.1, 0.15) is 60.0 Å². The molecule has 0 amide bonds. The van der Waals surface area contributed by atoms with Crippen LogP contribution in [0.4, 0.5) is 0 Å². The number of nitrogens with zero attached hydrogens (tertiary/aromatic N) is 3. The van der Waals surface area contributed by atoms with Crippen LogP contribution in [0.3, 0.4) is 0 Å². The fourth-order valence-corrected chi connectivity index (χ4v) is 3.22. The molecule has 1 saturated carbocycles. The van der Waals surface area contributed by atoms with Crippen LogP contribution in [0.2, 0.25) is 0 Å². The summed E-state index contributed by atoms with van der Waals surface area (Å²) in [7, 11) is 2.13. The Morgan fingerprint density at radius 1 is 1.29 bits per heavy atom. The van der Waals surface area contributed by atoms with Gasteiger partial charge in [-0.25, -0.2) is 0 Å². The van der Waals surface area contributed by atoms with Crippen LogP contribution in [0.25, 0.3) is 0 Å². The molecule has 0 atom stereocenters. The molecule has 2 aromatic heterocycles. The van der Waals surface area contributed by atoms with Crippen molar-refractivity contribution in [3.05, 3.63) is 34.5 Å². The number of aromatic amines is 1. The number of fused-ring (bicyclic) bond motifs is 1. The van der Waals surface area contributed by atoms with Crippen LogP contribution >= 0.6 is 0 Å². The second kappa shape index (κ2) is 5.30. The zero-order valence-electron chi connectivity index (χ0n) is 12.6. The molecule has 21 heavy (non-hydrogen) atoms. The van der Waals surface area contributed by atoms with E-state index in [-0.39, 0.29) is 0 Å². The standard InChI is InChI=1S/C16H22N4O/c1-20(9-12-8-14(18-17-12)11-6-7-11)10-15-13-4-2-3-5-16(13)21-19-15/h8,11H,2-7,9-10H2,1H3,(H,17,18). The number of H-pyrrole nitrogens is 1. The van der Waals surface area contributed by atoms with Crippen molar-refractivity contribution in [1.29, 1.82) is 0 Å². The summed E-state index contributed by atoms with van der Waals surface area (Å²) in [5.74, 6) is 1.82. The van der Waals surface area contributed by atoms with Gasteiger partial charge in [0.1, 0.15) is 11.5 Å². The number of aromatic nitrogens is 3. The maximum absolute atomic E-state index is 5.49. The minimum absolute atomic E-state index is 0.711. The van der Waals surface area contributed by atoms with Crippen LogP contribution in [0.15, 0.2) is 10.6 Å². The Bertz CT molecular complexity index is 626. The van der Waals surface area contributed by atoms with E-state index in [1.165, 1.54) is 42.6 Å². The monoisotopic (exact) mass is 286 g/mol. The van der Waals surface area contributed by atoms with Crippen molar-refractivity contribution >= 4 is 0 Å². The molecular formula is C16H22N4O. The summed E-state index contributed by atoms with van der Waals surface area (Å²) < 4.78 is 5.49. The maximum atomic E-state index is 5.49. The molecule has 2 aromatic rings. The molecule has 0 aliphatic heterocycles. The van der Waals surface area contributed by atoms with E-state index in [1.54, 1.807) is 0 Å². The Morgan fingerprint density at radius 2 is 2.14 bits per heavy atom. The first-order valence-corrected chi connectivity index (χ1v) is 7.98. The molecule has 4 rings (SSSR count). The van der Waals surface area contributed by atoms with Crippen molar-refractivity contribution in [3.8, 4) is 0 Å². The first kappa shape index (κ1) is 13.1. The van der Waals surface area contributed by atoms with Crippen LogP contribution in [-0.4, -0.2) is 27.3 Å². The smallest absolute Gasteiger partial charge is 0.140 e. The van der Waals surface area contributed by atoms with E-state index in [1.807, 2.05) is 0 Å². The van der Waals surface area contributed by atoms with Gasteiger partial charge in [-0.2, -0.15) is 5.10 Å². The van der Waals surface area contributed by atoms with Crippen molar-refractivity contribution in [2.45, 2.75) is 57.5 Å². The zero-order valence-corrected chi connectivity index (χ0v) is 12.6. The first-order valence-electron chi connectivity index (χ1n) is 7.98. The highest BCUT2D eigenvalue weighted by Crippen LogP contribution is 2.39. The Balaban J connectivity index is 1.40. The van der Waals surface area contributed by atoms with E-state index in [4.69, 9.17) is 4.52 Å². The van der Waals surface area contributed by atoms with Gasteiger partial charge in [0.05, 0.1) is 5.69 Å². The van der Waals surface area contributed by atoms with Gasteiger partial charge in [-0.05, 0) is 45.2 Å². The Labute approximate surface area is 124 Å². The highest BCUT2D eigenvalue weighted by molar-refractivity contribution is 5.25. The normalized spacial score (nSPS) is 18.2. The van der Waals surface area contributed by atoms with E-state index in [0.29, 0.717) is 5.92 Å². The van der Waals surface area contributed by atoms with Crippen LogP contribution in [0.5, 0.6) is 0 Å². The summed E-state index contributed by atoms with van der Waals surface area (Å²) in [5, 5.41) is 11.9. The average Bonchev–Trinajstić information content (AvgIpc) is 3.12. The van der Waals surface area contributed by atoms with Crippen molar-refractivity contribution in [3.63, 3.8) is 0 Å². The fourth-order valence-electron chi connectivity index (χ4n) is 3.22. The Hall–Kier alpha value is -1.62. The minimum Gasteiger partial charge on any atom is -0.361 e. The highest BCUT2D eigenvalue weighted by Gasteiger charge is 2.26. The number of nitrogens with one attached hydrogen (secondary N) is 1. The van der Waals surface area contributed by atoms with Crippen LogP contribution in [-0.2, 0) is 25.9 Å². The summed E-state index contributed by atoms with van der Waals surface area (Å²) >= 11 is 0. The topological polar surface area (TPSA) is 58.0 Å². The molecule has 0 unspecified atom stereocenters. The lowest BCUT2D eigenvalue weighted by Gasteiger charge is -2.15. The van der Waals surface area contributed by atoms with Crippen LogP contribution in [0, 0.1) is 0 Å². The van der Waals surface area contributed by atoms with E-state index in [0.717, 1.165) is 37.4 Å². The van der Waals surface area contributed by atoms with Gasteiger partial charge < -0.3 is 4.52 Å². The third-order valence-electron chi connectivity index (χ3n) is 4.54. The molecule has 0 bridgehead atoms. The molecule has 1 N–H and O–H groups in total. The highest BCUT2D eigenvalue weighted by atomic mass is 16.5. The van der Waals surface area contributed by atoms with E-state index in [9.17, 15) is 0 Å². The summed E-state index contributed by atoms with van der Waals surface area (Å²) in [6, 6.07) is 2.21. The second-order valence-corrected chi connectivity index (χ2v) is 6.50. The molecular weight excluding hydrogens is 264 g/mol. The minimum atomic E-state index is 0.711. The molecule has 5 nitrogen and oxygen atoms in total. The molecule has 0 spiro atoms. The summed E-state index contributed by atoms with van der Waals surface area (Å²) in [4.78, 5) is 2.27. The quantitative estimate of drug-likeness (QED) is 0.918. The van der Waals surface area contributed by atoms with Crippen molar-refractivity contribution < 1.29 is 4.52 Å². The first-order chi connectivity index (χ1) is 10.3. The third-order valence-corrected chi connectivity index (χ3v) is 4.54. The SMILES string of the molecule is CN(Cc1cc(C2CC2)n[nH]1)Cc1noc2c1CCCC2. The molecule has 2 aliphatic rings. The number of rotatable bonds is 5. The van der Waals surface area contributed by atoms with Crippen molar-refractivity contribution in [2.75, 3.05) is 7.05 Å². The molecule has 0 saturated heterocycles. The summed E-state index contributed by atoms with van der Waals surface area (Å²) in [6.07, 6.45) is 7.26. The Morgan fingerprint density at radius 3 is 3.00 bits per heavy atom. The molecule has 0 aromatic carbocycles. The average molecular weight is 286 g/mol. The molecule has 112 valence electrons. The number of aryl methyl sites for hydroxylation is 1. The molecule has 2 aliphatic carbocycles. The van der Waals surface area contributed by atoms with Gasteiger partial charge in [0.25, 0.3) is 0 Å². The predicted molar refractivity (Wildman–Crippen MR) is 78.9 cm³/mol. The molecule has 1 fully saturated rings. The van der Waals surface area contributed by atoms with Crippen LogP contribution < -0.4 is 0 Å².